The molecule has 4 rings (SSSR count). The molecule has 5 nitrogen and oxygen atoms in total. The summed E-state index contributed by atoms with van der Waals surface area (Å²) in [4.78, 5) is 19.7. The highest BCUT2D eigenvalue weighted by atomic mass is 35.5. The van der Waals surface area contributed by atoms with Crippen molar-refractivity contribution in [2.75, 3.05) is 5.32 Å². The van der Waals surface area contributed by atoms with E-state index in [-0.39, 0.29) is 5.91 Å². The van der Waals surface area contributed by atoms with Crippen molar-refractivity contribution in [1.82, 2.24) is 10.1 Å². The second-order valence-corrected chi connectivity index (χ2v) is 8.40. The Morgan fingerprint density at radius 3 is 2.74 bits per heavy atom. The summed E-state index contributed by atoms with van der Waals surface area (Å²) in [6.45, 7) is 3.75. The topological polar surface area (TPSA) is 68.0 Å². The Bertz CT molecular complexity index is 1130. The Kier molecular flexibility index (Phi) is 4.82. The van der Waals surface area contributed by atoms with E-state index in [1.807, 2.05) is 36.6 Å². The normalized spacial score (nSPS) is 10.9. The standard InChI is InChI=1S/C19H14ClN3O2S2/c1-10-7-8-15(27-10)14-9-26-19(21-14)22-18(24)16-11(2)25-23-17(16)12-5-3-4-6-13(12)20/h3-9H,1-2H3,(H,21,22,24). The molecular weight excluding hydrogens is 402 g/mol. The lowest BCUT2D eigenvalue weighted by atomic mass is 10.1. The number of rotatable bonds is 4. The summed E-state index contributed by atoms with van der Waals surface area (Å²) in [5.41, 5.74) is 2.27. The first-order chi connectivity index (χ1) is 13.0. The molecule has 0 aliphatic carbocycles. The number of aryl methyl sites for hydroxylation is 2. The van der Waals surface area contributed by atoms with Crippen LogP contribution < -0.4 is 5.32 Å². The van der Waals surface area contributed by atoms with E-state index in [1.54, 1.807) is 30.4 Å². The van der Waals surface area contributed by atoms with Gasteiger partial charge >= 0.3 is 0 Å². The highest BCUT2D eigenvalue weighted by Gasteiger charge is 2.23. The van der Waals surface area contributed by atoms with Crippen LogP contribution >= 0.6 is 34.3 Å². The summed E-state index contributed by atoms with van der Waals surface area (Å²) in [5.74, 6) is 0.0972. The SMILES string of the molecule is Cc1ccc(-c2csc(NC(=O)c3c(-c4ccccc4Cl)noc3C)n2)s1. The lowest BCUT2D eigenvalue weighted by Gasteiger charge is -2.04. The first-order valence-electron chi connectivity index (χ1n) is 8.08. The van der Waals surface area contributed by atoms with E-state index in [0.29, 0.717) is 32.7 Å². The molecule has 3 heterocycles. The molecule has 3 aromatic heterocycles. The van der Waals surface area contributed by atoms with Gasteiger partial charge in [0.1, 0.15) is 17.0 Å². The largest absolute Gasteiger partial charge is 0.360 e. The van der Waals surface area contributed by atoms with Gasteiger partial charge in [-0.1, -0.05) is 35.0 Å². The second-order valence-electron chi connectivity index (χ2n) is 5.84. The molecule has 1 N–H and O–H groups in total. The molecule has 1 aromatic carbocycles. The van der Waals surface area contributed by atoms with Crippen molar-refractivity contribution < 1.29 is 9.32 Å². The Morgan fingerprint density at radius 1 is 1.19 bits per heavy atom. The molecule has 27 heavy (non-hydrogen) atoms. The fraction of sp³-hybridized carbons (Fsp3) is 0.105. The number of hydrogen-bond acceptors (Lipinski definition) is 6. The van der Waals surface area contributed by atoms with Gasteiger partial charge < -0.3 is 4.52 Å². The minimum atomic E-state index is -0.327. The van der Waals surface area contributed by atoms with Crippen LogP contribution in [-0.2, 0) is 0 Å². The molecule has 0 bridgehead atoms. The third-order valence-corrected chi connectivity index (χ3v) is 6.05. The zero-order valence-electron chi connectivity index (χ0n) is 14.4. The molecule has 0 saturated heterocycles. The van der Waals surface area contributed by atoms with Gasteiger partial charge in [0, 0.05) is 15.8 Å². The summed E-state index contributed by atoms with van der Waals surface area (Å²) in [7, 11) is 0. The van der Waals surface area contributed by atoms with Crippen LogP contribution in [0, 0.1) is 13.8 Å². The van der Waals surface area contributed by atoms with Crippen molar-refractivity contribution in [3.63, 3.8) is 0 Å². The number of anilines is 1. The summed E-state index contributed by atoms with van der Waals surface area (Å²) in [6, 6.07) is 11.3. The molecule has 0 spiro atoms. The number of thiazole rings is 1. The number of hydrogen-bond donors (Lipinski definition) is 1. The molecule has 0 aliphatic heterocycles. The number of carbonyl (C=O) groups excluding carboxylic acids is 1. The van der Waals surface area contributed by atoms with E-state index in [9.17, 15) is 4.79 Å². The van der Waals surface area contributed by atoms with Gasteiger partial charge in [-0.05, 0) is 32.0 Å². The van der Waals surface area contributed by atoms with Crippen LogP contribution in [0.3, 0.4) is 0 Å². The van der Waals surface area contributed by atoms with Gasteiger partial charge in [0.25, 0.3) is 5.91 Å². The molecule has 4 aromatic rings. The molecule has 8 heteroatoms. The predicted octanol–water partition coefficient (Wildman–Crippen LogP) is 6.05. The summed E-state index contributed by atoms with van der Waals surface area (Å²) in [6.07, 6.45) is 0. The Labute approximate surface area is 168 Å². The van der Waals surface area contributed by atoms with Crippen molar-refractivity contribution in [2.24, 2.45) is 0 Å². The van der Waals surface area contributed by atoms with Crippen LogP contribution in [0.2, 0.25) is 5.02 Å². The van der Waals surface area contributed by atoms with E-state index in [2.05, 4.69) is 15.5 Å². The highest BCUT2D eigenvalue weighted by molar-refractivity contribution is 7.17. The molecule has 0 unspecified atom stereocenters. The van der Waals surface area contributed by atoms with E-state index in [4.69, 9.17) is 16.1 Å². The van der Waals surface area contributed by atoms with Crippen LogP contribution in [-0.4, -0.2) is 16.0 Å². The molecule has 0 atom stereocenters. The number of aromatic nitrogens is 2. The highest BCUT2D eigenvalue weighted by Crippen LogP contribution is 2.33. The number of halogens is 1. The van der Waals surface area contributed by atoms with Gasteiger partial charge in [0.15, 0.2) is 5.13 Å². The predicted molar refractivity (Wildman–Crippen MR) is 110 cm³/mol. The monoisotopic (exact) mass is 415 g/mol. The van der Waals surface area contributed by atoms with Gasteiger partial charge in [0.05, 0.1) is 15.6 Å². The van der Waals surface area contributed by atoms with Crippen LogP contribution in [0.5, 0.6) is 0 Å². The van der Waals surface area contributed by atoms with Crippen molar-refractivity contribution in [1.29, 1.82) is 0 Å². The van der Waals surface area contributed by atoms with Crippen LogP contribution in [0.1, 0.15) is 21.0 Å². The molecule has 136 valence electrons. The summed E-state index contributed by atoms with van der Waals surface area (Å²) >= 11 is 9.30. The third-order valence-electron chi connectivity index (χ3n) is 3.94. The number of amides is 1. The summed E-state index contributed by atoms with van der Waals surface area (Å²) < 4.78 is 5.26. The fourth-order valence-corrected chi connectivity index (χ4v) is 4.49. The molecule has 0 aliphatic rings. The van der Waals surface area contributed by atoms with E-state index < -0.39 is 0 Å². The Morgan fingerprint density at radius 2 is 2.00 bits per heavy atom. The molecule has 1 amide bonds. The van der Waals surface area contributed by atoms with Crippen LogP contribution in [0.25, 0.3) is 21.8 Å². The number of nitrogens with one attached hydrogen (secondary N) is 1. The lowest BCUT2D eigenvalue weighted by Crippen LogP contribution is -2.13. The van der Waals surface area contributed by atoms with Gasteiger partial charge in [-0.25, -0.2) is 4.98 Å². The maximum atomic E-state index is 12.9. The number of thiophene rings is 1. The van der Waals surface area contributed by atoms with Crippen molar-refractivity contribution in [3.05, 3.63) is 63.0 Å². The molecule has 0 radical (unpaired) electrons. The lowest BCUT2D eigenvalue weighted by molar-refractivity contribution is 0.102. The summed E-state index contributed by atoms with van der Waals surface area (Å²) in [5, 5.41) is 9.82. The van der Waals surface area contributed by atoms with E-state index in [1.165, 1.54) is 16.2 Å². The average molecular weight is 416 g/mol. The van der Waals surface area contributed by atoms with E-state index >= 15 is 0 Å². The number of nitrogens with zero attached hydrogens (tertiary/aromatic N) is 2. The average Bonchev–Trinajstić information content (AvgIpc) is 3.35. The zero-order chi connectivity index (χ0) is 19.0. The first kappa shape index (κ1) is 17.9. The molecule has 0 saturated carbocycles. The Hall–Kier alpha value is -2.48. The minimum Gasteiger partial charge on any atom is -0.360 e. The maximum absolute atomic E-state index is 12.9. The molecular formula is C19H14ClN3O2S2. The van der Waals surface area contributed by atoms with Gasteiger partial charge in [-0.15, -0.1) is 22.7 Å². The maximum Gasteiger partial charge on any atom is 0.263 e. The zero-order valence-corrected chi connectivity index (χ0v) is 16.8. The number of benzene rings is 1. The fourth-order valence-electron chi connectivity index (χ4n) is 2.65. The second kappa shape index (κ2) is 7.26. The van der Waals surface area contributed by atoms with Gasteiger partial charge in [0.2, 0.25) is 0 Å². The quantitative estimate of drug-likeness (QED) is 0.440. The van der Waals surface area contributed by atoms with Gasteiger partial charge in [-0.2, -0.15) is 0 Å². The van der Waals surface area contributed by atoms with Gasteiger partial charge in [-0.3, -0.25) is 10.1 Å². The molecule has 0 fully saturated rings. The van der Waals surface area contributed by atoms with E-state index in [0.717, 1.165) is 10.6 Å². The van der Waals surface area contributed by atoms with Crippen molar-refractivity contribution in [3.8, 4) is 21.8 Å². The minimum absolute atomic E-state index is 0.327. The number of carbonyl (C=O) groups is 1. The smallest absolute Gasteiger partial charge is 0.263 e. The van der Waals surface area contributed by atoms with Crippen molar-refractivity contribution >= 4 is 45.3 Å². The van der Waals surface area contributed by atoms with Crippen LogP contribution in [0.4, 0.5) is 5.13 Å². The first-order valence-corrected chi connectivity index (χ1v) is 10.1. The third kappa shape index (κ3) is 3.53. The van der Waals surface area contributed by atoms with Crippen LogP contribution in [0.15, 0.2) is 46.3 Å². The van der Waals surface area contributed by atoms with Crippen molar-refractivity contribution in [2.45, 2.75) is 13.8 Å². The Balaban J connectivity index is 1.62.